The standard InChI is InChI=1S/C73H82Cl2N10O28/c1-27(2)14-40(85(5)50(94)13-12-49(93)78-33(24-86)25-87)66(101)83-56-58(95)30-7-10-43(37(74)16-30)109-45-18-32-19-46(62(45)113-72-63(61(98)60(97)47(26-88)111-72)112-51-23-73(4,77)64(99)28(3)108-51)110-44-11-8-31(17-38(44)75)59(96)57-70(105)82-55(71(106)107)36-20-34(89)21-42(91)52(36)35-15-29(6-9-41(35)90)53(67(102)84-57)81-68(103)54(32)80-65(100)39(22-48(76)92)79-69(56)104/h6-11,15-21,24-25,27-28,33,39-40,47,51,53-61,63-64,72,88-91,95-99H,12-14,22-23,26,77H2,1-5H3,(H2,76,92)(H,78,93)(H,79,104)(H,80,100)(H,81,103)(H,82,105)(H,83,101)(H,84,102)(H,106,107)/t28-,39-,40+,47+,51-,53+,54+,55-,56+,57-,58+,59+,60+,61-,63+,64+,72-,73-/m0/s1. The minimum atomic E-state index is -2.44. The Kier molecular flexibility index (Phi) is 26.2. The van der Waals surface area contributed by atoms with E-state index in [1.165, 1.54) is 20.9 Å². The van der Waals surface area contributed by atoms with Crippen molar-refractivity contribution in [1.29, 1.82) is 0 Å². The van der Waals surface area contributed by atoms with Crippen molar-refractivity contribution in [3.05, 3.63) is 117 Å². The number of ether oxygens (including phenoxy) is 6. The van der Waals surface area contributed by atoms with Gasteiger partial charge in [0.15, 0.2) is 29.9 Å². The molecule has 7 aliphatic heterocycles. The SMILES string of the molecule is CC(C)C[C@H](C(=O)N[C@H]1C(=O)N[C@@H](CC(N)=O)C(=O)N[C@H]2C(=O)N[C@H]3C(=O)N[C@H](C(=O)N[C@H](C(=O)O)c4cc(O)cc(O)c4-c4cc3ccc4O)[C@H](O)c3ccc(c(Cl)c3)Oc3cc2cc(c3O[C@@H]2O[C@H](CO)[C@@H](O)[C@H](O)[C@H]2O[C@H]2C[C@](C)(N)[C@H](O)[C@H](C)O2)Oc2ccc(cc2Cl)[C@H]1O)N(C)C(=O)CCC(=O)NC(C=O)C=O. The van der Waals surface area contributed by atoms with Gasteiger partial charge in [-0.25, -0.2) is 4.79 Å². The number of nitrogens with one attached hydrogen (secondary N) is 7. The molecule has 113 heavy (non-hydrogen) atoms. The molecule has 12 rings (SSSR count). The van der Waals surface area contributed by atoms with Crippen LogP contribution in [-0.4, -0.2) is 226 Å². The van der Waals surface area contributed by atoms with Crippen LogP contribution in [0, 0.1) is 5.92 Å². The number of nitrogens with two attached hydrogens (primary N) is 2. The number of benzene rings is 5. The van der Waals surface area contributed by atoms with E-state index in [1.54, 1.807) is 13.8 Å². The van der Waals surface area contributed by atoms with Crippen LogP contribution in [0.25, 0.3) is 11.1 Å². The lowest BCUT2D eigenvalue weighted by Crippen LogP contribution is -2.64. The molecule has 0 spiro atoms. The van der Waals surface area contributed by atoms with Gasteiger partial charge in [0.1, 0.15) is 114 Å². The molecule has 2 saturated heterocycles. The molecular formula is C73H82Cl2N10O28. The van der Waals surface area contributed by atoms with Crippen LogP contribution < -0.4 is 62.9 Å². The number of carboxylic acids is 1. The molecule has 0 unspecified atom stereocenters. The topological polar surface area (TPSA) is 602 Å². The fourth-order valence-electron chi connectivity index (χ4n) is 13.5. The lowest BCUT2D eigenvalue weighted by Gasteiger charge is -2.47. The molecule has 5 aromatic rings. The molecule has 0 aromatic heterocycles. The molecule has 0 saturated carbocycles. The van der Waals surface area contributed by atoms with Gasteiger partial charge in [-0.3, -0.25) is 43.2 Å². The zero-order valence-corrected chi connectivity index (χ0v) is 62.1. The Labute approximate surface area is 651 Å². The first-order valence-corrected chi connectivity index (χ1v) is 35.8. The van der Waals surface area contributed by atoms with Gasteiger partial charge in [-0.1, -0.05) is 55.2 Å². The van der Waals surface area contributed by atoms with Crippen molar-refractivity contribution in [3.8, 4) is 57.1 Å². The number of aliphatic hydroxyl groups is 6. The van der Waals surface area contributed by atoms with Crippen LogP contribution in [0.3, 0.4) is 0 Å². The number of aldehydes is 2. The lowest BCUT2D eigenvalue weighted by atomic mass is 9.86. The molecule has 606 valence electrons. The molecule has 18 atom stereocenters. The number of aliphatic carboxylic acids is 1. The van der Waals surface area contributed by atoms with Gasteiger partial charge >= 0.3 is 5.97 Å². The number of primary amides is 1. The van der Waals surface area contributed by atoms with Crippen LogP contribution in [0.5, 0.6) is 46.0 Å². The van der Waals surface area contributed by atoms with Gasteiger partial charge in [0, 0.05) is 54.6 Å². The molecule has 11 bridgehead atoms. The van der Waals surface area contributed by atoms with Crippen LogP contribution in [0.4, 0.5) is 0 Å². The van der Waals surface area contributed by atoms with Gasteiger partial charge in [-0.15, -0.1) is 0 Å². The molecule has 9 amide bonds. The summed E-state index contributed by atoms with van der Waals surface area (Å²) in [5, 5.41) is 130. The zero-order valence-electron chi connectivity index (χ0n) is 60.6. The van der Waals surface area contributed by atoms with E-state index >= 15 is 19.2 Å². The highest BCUT2D eigenvalue weighted by atomic mass is 35.5. The maximum atomic E-state index is 16.2. The summed E-state index contributed by atoms with van der Waals surface area (Å²) in [5.74, 6) is -19.4. The van der Waals surface area contributed by atoms with E-state index in [0.717, 1.165) is 83.8 Å². The van der Waals surface area contributed by atoms with Crippen molar-refractivity contribution >= 4 is 94.9 Å². The summed E-state index contributed by atoms with van der Waals surface area (Å²) in [6.07, 6.45) is -20.6. The third-order valence-electron chi connectivity index (χ3n) is 19.4. The second-order valence-corrected chi connectivity index (χ2v) is 29.1. The quantitative estimate of drug-likeness (QED) is 0.0348. The summed E-state index contributed by atoms with van der Waals surface area (Å²) in [5.41, 5.74) is 7.60. The second kappa shape index (κ2) is 35.0. The van der Waals surface area contributed by atoms with Crippen LogP contribution in [0.15, 0.2) is 78.9 Å². The molecule has 0 radical (unpaired) electrons. The Morgan fingerprint density at radius 3 is 1.90 bits per heavy atom. The largest absolute Gasteiger partial charge is 0.508 e. The first kappa shape index (κ1) is 84.6. The van der Waals surface area contributed by atoms with Crippen molar-refractivity contribution in [2.45, 2.75) is 175 Å². The Morgan fingerprint density at radius 1 is 0.717 bits per heavy atom. The van der Waals surface area contributed by atoms with Gasteiger partial charge in [0.25, 0.3) is 0 Å². The number of fused-ring (bicyclic) bond motifs is 15. The van der Waals surface area contributed by atoms with Crippen LogP contribution >= 0.6 is 23.2 Å². The summed E-state index contributed by atoms with van der Waals surface area (Å²) in [6, 6.07) is -4.06. The molecule has 7 aliphatic rings. The van der Waals surface area contributed by atoms with Crippen LogP contribution in [0.2, 0.25) is 10.0 Å². The molecule has 0 aliphatic carbocycles. The van der Waals surface area contributed by atoms with E-state index in [9.17, 15) is 89.4 Å². The van der Waals surface area contributed by atoms with Gasteiger partial charge in [-0.2, -0.15) is 0 Å². The molecule has 7 heterocycles. The number of rotatable bonds is 19. The molecular weight excluding hydrogens is 1540 g/mol. The van der Waals surface area contributed by atoms with E-state index < -0.39 is 290 Å². The first-order valence-electron chi connectivity index (χ1n) is 35.1. The van der Waals surface area contributed by atoms with Crippen LogP contribution in [-0.2, 0) is 71.7 Å². The predicted octanol–water partition coefficient (Wildman–Crippen LogP) is -0.992. The normalized spacial score (nSPS) is 27.4. The van der Waals surface area contributed by atoms with E-state index in [-0.39, 0.29) is 36.5 Å². The number of carboxylic acid groups (broad SMARTS) is 1. The third-order valence-corrected chi connectivity index (χ3v) is 20.0. The Balaban J connectivity index is 1.20. The van der Waals surface area contributed by atoms with E-state index in [1.807, 2.05) is 0 Å². The van der Waals surface area contributed by atoms with Gasteiger partial charge in [0.05, 0.1) is 35.3 Å². The zero-order chi connectivity index (χ0) is 82.7. The number of nitrogens with zero attached hydrogens (tertiary/aromatic N) is 1. The second-order valence-electron chi connectivity index (χ2n) is 28.3. The minimum absolute atomic E-state index is 0.151. The van der Waals surface area contributed by atoms with Crippen molar-refractivity contribution in [2.75, 3.05) is 13.7 Å². The van der Waals surface area contributed by atoms with E-state index in [4.69, 9.17) is 63.1 Å². The molecule has 5 aromatic carbocycles. The first-order chi connectivity index (χ1) is 53.3. The number of halogens is 2. The summed E-state index contributed by atoms with van der Waals surface area (Å²) in [4.78, 5) is 169. The Bertz CT molecular complexity index is 4560. The molecule has 2 fully saturated rings. The lowest BCUT2D eigenvalue weighted by molar-refractivity contribution is -0.333. The van der Waals surface area contributed by atoms with Gasteiger partial charge < -0.3 is 143 Å². The fraction of sp³-hybridized carbons (Fsp3) is 0.425. The number of phenols is 3. The van der Waals surface area contributed by atoms with Crippen molar-refractivity contribution in [1.82, 2.24) is 42.1 Å². The van der Waals surface area contributed by atoms with Crippen molar-refractivity contribution in [2.24, 2.45) is 17.4 Å². The highest BCUT2D eigenvalue weighted by Gasteiger charge is 2.52. The van der Waals surface area contributed by atoms with Crippen LogP contribution in [0.1, 0.15) is 118 Å². The number of hydrogen-bond acceptors (Lipinski definition) is 28. The predicted molar refractivity (Wildman–Crippen MR) is 386 cm³/mol. The summed E-state index contributed by atoms with van der Waals surface area (Å²) >= 11 is 14.2. The number of carbonyl (C=O) groups is 12. The number of hydrogen-bond donors (Lipinski definition) is 19. The number of aromatic hydroxyl groups is 3. The fourth-order valence-corrected chi connectivity index (χ4v) is 13.9. The van der Waals surface area contributed by atoms with Crippen molar-refractivity contribution < 1.29 is 137 Å². The van der Waals surface area contributed by atoms with Crippen molar-refractivity contribution in [3.63, 3.8) is 0 Å². The molecule has 21 N–H and O–H groups in total. The van der Waals surface area contributed by atoms with E-state index in [2.05, 4.69) is 37.2 Å². The Morgan fingerprint density at radius 2 is 1.32 bits per heavy atom. The summed E-state index contributed by atoms with van der Waals surface area (Å²) in [6.45, 7) is 5.25. The average molecular weight is 1620 g/mol. The smallest absolute Gasteiger partial charge is 0.330 e. The summed E-state index contributed by atoms with van der Waals surface area (Å²) < 4.78 is 38.3. The highest BCUT2D eigenvalue weighted by Crippen LogP contribution is 2.50. The van der Waals surface area contributed by atoms with Gasteiger partial charge in [-0.05, 0) is 103 Å². The van der Waals surface area contributed by atoms with E-state index in [0.29, 0.717) is 0 Å². The van der Waals surface area contributed by atoms with Gasteiger partial charge in [0.2, 0.25) is 65.2 Å². The molecule has 40 heteroatoms. The number of carbonyl (C=O) groups excluding carboxylic acids is 11. The number of amides is 9. The summed E-state index contributed by atoms with van der Waals surface area (Å²) in [7, 11) is 1.18. The Hall–Kier alpha value is -10.9. The highest BCUT2D eigenvalue weighted by molar-refractivity contribution is 6.32. The number of likely N-dealkylation sites (N-methyl/N-ethyl adjacent to an activating group) is 1. The average Bonchev–Trinajstić information content (AvgIpc) is 0.767. The number of aliphatic hydroxyl groups excluding tert-OH is 6. The minimum Gasteiger partial charge on any atom is -0.508 e. The maximum absolute atomic E-state index is 16.2. The molecule has 38 nitrogen and oxygen atoms in total. The third kappa shape index (κ3) is 18.8. The maximum Gasteiger partial charge on any atom is 0.330 e. The number of phenolic OH excluding ortho intramolecular Hbond substituents is 3. The monoisotopic (exact) mass is 1620 g/mol.